The number of rotatable bonds is 5. The predicted octanol–water partition coefficient (Wildman–Crippen LogP) is 2.73. The van der Waals surface area contributed by atoms with Gasteiger partial charge in [-0.3, -0.25) is 5.41 Å². The van der Waals surface area contributed by atoms with Gasteiger partial charge in [0.05, 0.1) is 5.69 Å². The van der Waals surface area contributed by atoms with Gasteiger partial charge in [-0.15, -0.1) is 0 Å². The molecule has 0 aliphatic heterocycles. The van der Waals surface area contributed by atoms with Gasteiger partial charge in [0.1, 0.15) is 11.7 Å². The van der Waals surface area contributed by atoms with E-state index in [4.69, 9.17) is 11.1 Å². The first kappa shape index (κ1) is 13.5. The highest BCUT2D eigenvalue weighted by atomic mass is 19.1. The second-order valence-electron chi connectivity index (χ2n) is 4.37. The van der Waals surface area contributed by atoms with Gasteiger partial charge in [-0.05, 0) is 38.5 Å². The second-order valence-corrected chi connectivity index (χ2v) is 4.37. The Morgan fingerprint density at radius 3 is 2.53 bits per heavy atom. The highest BCUT2D eigenvalue weighted by Crippen LogP contribution is 2.22. The van der Waals surface area contributed by atoms with E-state index in [9.17, 15) is 4.39 Å². The van der Waals surface area contributed by atoms with Crippen molar-refractivity contribution in [1.29, 1.82) is 5.41 Å². The van der Waals surface area contributed by atoms with Gasteiger partial charge in [0.2, 0.25) is 0 Å². The highest BCUT2D eigenvalue weighted by molar-refractivity contribution is 5.95. The van der Waals surface area contributed by atoms with Crippen LogP contribution in [0.3, 0.4) is 0 Å². The van der Waals surface area contributed by atoms with Crippen LogP contribution in [0.2, 0.25) is 0 Å². The fraction of sp³-hybridized carbons (Fsp3) is 0.462. The summed E-state index contributed by atoms with van der Waals surface area (Å²) < 4.78 is 14.0. The first-order valence-electron chi connectivity index (χ1n) is 5.88. The summed E-state index contributed by atoms with van der Waals surface area (Å²) in [6.07, 6.45) is 0.964. The summed E-state index contributed by atoms with van der Waals surface area (Å²) in [6.45, 7) is 6.95. The summed E-state index contributed by atoms with van der Waals surface area (Å²) in [5, 5.41) is 7.27. The van der Waals surface area contributed by atoms with E-state index in [1.165, 1.54) is 6.07 Å². The molecule has 94 valence electrons. The molecule has 0 aliphatic rings. The number of nitrogens with zero attached hydrogens (tertiary/aromatic N) is 1. The Hall–Kier alpha value is -1.58. The number of hydrogen-bond donors (Lipinski definition) is 2. The maximum atomic E-state index is 14.0. The maximum Gasteiger partial charge on any atom is 0.147 e. The molecule has 0 atom stereocenters. The number of nitrogens with two attached hydrogens (primary N) is 1. The Labute approximate surface area is 102 Å². The topological polar surface area (TPSA) is 53.1 Å². The zero-order valence-electron chi connectivity index (χ0n) is 10.6. The van der Waals surface area contributed by atoms with Crippen molar-refractivity contribution in [3.63, 3.8) is 0 Å². The van der Waals surface area contributed by atoms with Crippen molar-refractivity contribution >= 4 is 11.5 Å². The lowest BCUT2D eigenvalue weighted by atomic mass is 10.1. The summed E-state index contributed by atoms with van der Waals surface area (Å²) in [4.78, 5) is 2.01. The lowest BCUT2D eigenvalue weighted by molar-refractivity contribution is 0.596. The van der Waals surface area contributed by atoms with Crippen LogP contribution in [0.1, 0.15) is 32.8 Å². The molecule has 0 heterocycles. The normalized spacial score (nSPS) is 10.6. The molecule has 0 fully saturated rings. The summed E-state index contributed by atoms with van der Waals surface area (Å²) in [7, 11) is 0. The van der Waals surface area contributed by atoms with Gasteiger partial charge in [-0.2, -0.15) is 0 Å². The molecule has 0 aromatic heterocycles. The molecular weight excluding hydrogens is 217 g/mol. The van der Waals surface area contributed by atoms with Gasteiger partial charge in [0.15, 0.2) is 0 Å². The van der Waals surface area contributed by atoms with E-state index in [0.29, 0.717) is 11.3 Å². The molecule has 0 unspecified atom stereocenters. The first-order valence-corrected chi connectivity index (χ1v) is 5.88. The van der Waals surface area contributed by atoms with E-state index < -0.39 is 0 Å². The van der Waals surface area contributed by atoms with Crippen molar-refractivity contribution in [2.75, 3.05) is 11.4 Å². The number of amidine groups is 1. The van der Waals surface area contributed by atoms with Crippen molar-refractivity contribution in [3.05, 3.63) is 29.6 Å². The third kappa shape index (κ3) is 3.19. The van der Waals surface area contributed by atoms with Crippen LogP contribution in [-0.4, -0.2) is 18.4 Å². The van der Waals surface area contributed by atoms with Crippen LogP contribution in [-0.2, 0) is 0 Å². The third-order valence-corrected chi connectivity index (χ3v) is 2.66. The zero-order valence-corrected chi connectivity index (χ0v) is 10.6. The van der Waals surface area contributed by atoms with Crippen LogP contribution >= 0.6 is 0 Å². The molecule has 1 rings (SSSR count). The summed E-state index contributed by atoms with van der Waals surface area (Å²) in [5.41, 5.74) is 6.33. The van der Waals surface area contributed by atoms with Crippen LogP contribution in [0, 0.1) is 11.2 Å². The molecule has 0 spiro atoms. The van der Waals surface area contributed by atoms with Gasteiger partial charge < -0.3 is 10.6 Å². The van der Waals surface area contributed by atoms with Crippen molar-refractivity contribution in [2.45, 2.75) is 33.2 Å². The van der Waals surface area contributed by atoms with E-state index in [2.05, 4.69) is 6.92 Å². The predicted molar refractivity (Wildman–Crippen MR) is 70.2 cm³/mol. The van der Waals surface area contributed by atoms with Gasteiger partial charge >= 0.3 is 0 Å². The number of halogens is 1. The molecule has 3 N–H and O–H groups in total. The number of hydrogen-bond acceptors (Lipinski definition) is 2. The minimum absolute atomic E-state index is 0.109. The van der Waals surface area contributed by atoms with Crippen molar-refractivity contribution in [1.82, 2.24) is 0 Å². The van der Waals surface area contributed by atoms with E-state index in [1.54, 1.807) is 12.1 Å². The minimum Gasteiger partial charge on any atom is -0.384 e. The molecule has 1 aromatic carbocycles. The van der Waals surface area contributed by atoms with E-state index in [1.807, 2.05) is 18.7 Å². The fourth-order valence-corrected chi connectivity index (χ4v) is 1.81. The summed E-state index contributed by atoms with van der Waals surface area (Å²) in [6, 6.07) is 4.95. The van der Waals surface area contributed by atoms with E-state index in [-0.39, 0.29) is 17.7 Å². The molecule has 0 amide bonds. The number of anilines is 1. The fourth-order valence-electron chi connectivity index (χ4n) is 1.81. The Balaban J connectivity index is 3.08. The molecule has 3 nitrogen and oxygen atoms in total. The SMILES string of the molecule is CCCN(c1ccc(C(=N)N)cc1F)C(C)C. The van der Waals surface area contributed by atoms with Crippen molar-refractivity contribution < 1.29 is 4.39 Å². The van der Waals surface area contributed by atoms with Crippen LogP contribution in [0.15, 0.2) is 18.2 Å². The molecule has 0 radical (unpaired) electrons. The van der Waals surface area contributed by atoms with Gasteiger partial charge in [-0.25, -0.2) is 4.39 Å². The molecule has 4 heteroatoms. The van der Waals surface area contributed by atoms with Crippen molar-refractivity contribution in [2.24, 2.45) is 5.73 Å². The Morgan fingerprint density at radius 2 is 2.12 bits per heavy atom. The van der Waals surface area contributed by atoms with Crippen LogP contribution in [0.4, 0.5) is 10.1 Å². The van der Waals surface area contributed by atoms with E-state index in [0.717, 1.165) is 13.0 Å². The van der Waals surface area contributed by atoms with Crippen LogP contribution in [0.25, 0.3) is 0 Å². The molecular formula is C13H20FN3. The van der Waals surface area contributed by atoms with Crippen molar-refractivity contribution in [3.8, 4) is 0 Å². The smallest absolute Gasteiger partial charge is 0.147 e. The standard InChI is InChI=1S/C13H20FN3/c1-4-7-17(9(2)3)12-6-5-10(13(15)16)8-11(12)14/h5-6,8-9H,4,7H2,1-3H3,(H3,15,16). The number of nitrogens with one attached hydrogen (secondary N) is 1. The largest absolute Gasteiger partial charge is 0.384 e. The van der Waals surface area contributed by atoms with Gasteiger partial charge in [-0.1, -0.05) is 6.92 Å². The lowest BCUT2D eigenvalue weighted by Crippen LogP contribution is -2.32. The highest BCUT2D eigenvalue weighted by Gasteiger charge is 2.14. The molecule has 17 heavy (non-hydrogen) atoms. The summed E-state index contributed by atoms with van der Waals surface area (Å²) >= 11 is 0. The minimum atomic E-state index is -0.320. The quantitative estimate of drug-likeness (QED) is 0.611. The molecule has 0 saturated heterocycles. The average molecular weight is 237 g/mol. The van der Waals surface area contributed by atoms with Gasteiger partial charge in [0, 0.05) is 18.2 Å². The monoisotopic (exact) mass is 237 g/mol. The average Bonchev–Trinajstić information content (AvgIpc) is 2.26. The lowest BCUT2D eigenvalue weighted by Gasteiger charge is -2.29. The second kappa shape index (κ2) is 5.66. The third-order valence-electron chi connectivity index (χ3n) is 2.66. The first-order chi connectivity index (χ1) is 7.97. The molecule has 0 saturated carbocycles. The Bertz CT molecular complexity index is 402. The molecule has 1 aromatic rings. The Morgan fingerprint density at radius 1 is 1.47 bits per heavy atom. The molecule has 0 bridgehead atoms. The van der Waals surface area contributed by atoms with E-state index >= 15 is 0 Å². The maximum absolute atomic E-state index is 14.0. The number of nitrogen functional groups attached to an aromatic ring is 1. The number of benzene rings is 1. The molecule has 0 aliphatic carbocycles. The zero-order chi connectivity index (χ0) is 13.0. The van der Waals surface area contributed by atoms with Crippen LogP contribution in [0.5, 0.6) is 0 Å². The van der Waals surface area contributed by atoms with Crippen LogP contribution < -0.4 is 10.6 Å². The Kier molecular flexibility index (Phi) is 4.49. The summed E-state index contributed by atoms with van der Waals surface area (Å²) in [5.74, 6) is -0.429. The van der Waals surface area contributed by atoms with Gasteiger partial charge in [0.25, 0.3) is 0 Å².